The van der Waals surface area contributed by atoms with Crippen LogP contribution in [0.3, 0.4) is 0 Å². The molecule has 5 nitrogen and oxygen atoms in total. The Hall–Kier alpha value is -2.73. The number of carbonyl (C=O) groups is 1. The fourth-order valence-electron chi connectivity index (χ4n) is 2.26. The second-order valence-electron chi connectivity index (χ2n) is 5.52. The van der Waals surface area contributed by atoms with Crippen molar-refractivity contribution in [2.24, 2.45) is 0 Å². The summed E-state index contributed by atoms with van der Waals surface area (Å²) < 4.78 is 1.07. The first-order valence-corrected chi connectivity index (χ1v) is 8.58. The Morgan fingerprint density at radius 2 is 1.92 bits per heavy atom. The van der Waals surface area contributed by atoms with Gasteiger partial charge >= 0.3 is 0 Å². The molecule has 3 rings (SSSR count). The Bertz CT molecular complexity index is 866. The van der Waals surface area contributed by atoms with E-state index in [-0.39, 0.29) is 5.91 Å². The Morgan fingerprint density at radius 1 is 1.08 bits per heavy atom. The van der Waals surface area contributed by atoms with Gasteiger partial charge in [-0.3, -0.25) is 9.78 Å². The van der Waals surface area contributed by atoms with Gasteiger partial charge in [0.25, 0.3) is 5.91 Å². The molecule has 126 valence electrons. The first-order valence-electron chi connectivity index (χ1n) is 7.79. The van der Waals surface area contributed by atoms with E-state index in [1.807, 2.05) is 49.4 Å². The number of aromatic nitrogens is 2. The van der Waals surface area contributed by atoms with E-state index in [1.54, 1.807) is 18.5 Å². The van der Waals surface area contributed by atoms with Gasteiger partial charge in [-0.15, -0.1) is 0 Å². The molecule has 0 aliphatic heterocycles. The number of amides is 1. The van der Waals surface area contributed by atoms with Crippen molar-refractivity contribution in [1.29, 1.82) is 0 Å². The van der Waals surface area contributed by atoms with Crippen LogP contribution in [0, 0.1) is 6.92 Å². The predicted octanol–water partition coefficient (Wildman–Crippen LogP) is 4.22. The first-order chi connectivity index (χ1) is 12.1. The molecule has 0 bridgehead atoms. The highest BCUT2D eigenvalue weighted by Gasteiger charge is 2.07. The number of pyridine rings is 2. The van der Waals surface area contributed by atoms with Crippen molar-refractivity contribution in [3.05, 3.63) is 82.3 Å². The second kappa shape index (κ2) is 7.90. The van der Waals surface area contributed by atoms with Crippen LogP contribution in [0.2, 0.25) is 0 Å². The molecular weight excluding hydrogens is 380 g/mol. The van der Waals surface area contributed by atoms with Gasteiger partial charge < -0.3 is 10.6 Å². The van der Waals surface area contributed by atoms with Crippen molar-refractivity contribution in [2.45, 2.75) is 13.5 Å². The molecule has 3 aromatic rings. The molecule has 0 radical (unpaired) electrons. The summed E-state index contributed by atoms with van der Waals surface area (Å²) >= 11 is 3.48. The van der Waals surface area contributed by atoms with Crippen LogP contribution in [-0.2, 0) is 6.54 Å². The third-order valence-electron chi connectivity index (χ3n) is 3.60. The lowest BCUT2D eigenvalue weighted by atomic mass is 10.2. The van der Waals surface area contributed by atoms with Gasteiger partial charge in [-0.05, 0) is 55.0 Å². The number of halogens is 1. The smallest absolute Gasteiger partial charge is 0.270 e. The van der Waals surface area contributed by atoms with Crippen LogP contribution >= 0.6 is 15.9 Å². The van der Waals surface area contributed by atoms with Gasteiger partial charge in [-0.2, -0.15) is 0 Å². The van der Waals surface area contributed by atoms with Crippen LogP contribution in [0.5, 0.6) is 0 Å². The summed E-state index contributed by atoms with van der Waals surface area (Å²) in [6.07, 6.45) is 3.34. The van der Waals surface area contributed by atoms with Crippen molar-refractivity contribution in [1.82, 2.24) is 15.3 Å². The van der Waals surface area contributed by atoms with E-state index in [0.29, 0.717) is 12.2 Å². The standard InChI is InChI=1S/C19H17BrN4O/c1-13-10-14(5-7-17(13)20)24-16-6-8-18(22-12-16)19(25)23-11-15-4-2-3-9-21-15/h2-10,12,24H,11H2,1H3,(H,23,25). The molecule has 2 heterocycles. The molecule has 2 N–H and O–H groups in total. The number of hydrogen-bond acceptors (Lipinski definition) is 4. The largest absolute Gasteiger partial charge is 0.354 e. The van der Waals surface area contributed by atoms with Crippen LogP contribution in [0.25, 0.3) is 0 Å². The Labute approximate surface area is 154 Å². The molecule has 25 heavy (non-hydrogen) atoms. The SMILES string of the molecule is Cc1cc(Nc2ccc(C(=O)NCc3ccccn3)nc2)ccc1Br. The first kappa shape index (κ1) is 17.1. The summed E-state index contributed by atoms with van der Waals surface area (Å²) in [5, 5.41) is 6.08. The number of anilines is 2. The fraction of sp³-hybridized carbons (Fsp3) is 0.105. The highest BCUT2D eigenvalue weighted by atomic mass is 79.9. The molecule has 0 unspecified atom stereocenters. The number of hydrogen-bond donors (Lipinski definition) is 2. The maximum atomic E-state index is 12.1. The molecule has 0 saturated heterocycles. The summed E-state index contributed by atoms with van der Waals surface area (Å²) in [7, 11) is 0. The van der Waals surface area contributed by atoms with E-state index in [1.165, 1.54) is 0 Å². The summed E-state index contributed by atoms with van der Waals surface area (Å²) in [6.45, 7) is 2.40. The third-order valence-corrected chi connectivity index (χ3v) is 4.49. The van der Waals surface area contributed by atoms with E-state index < -0.39 is 0 Å². The summed E-state index contributed by atoms with van der Waals surface area (Å²) in [5.41, 5.74) is 4.11. The lowest BCUT2D eigenvalue weighted by molar-refractivity contribution is 0.0945. The molecule has 0 saturated carbocycles. The molecule has 1 aromatic carbocycles. The topological polar surface area (TPSA) is 66.9 Å². The normalized spacial score (nSPS) is 10.3. The summed E-state index contributed by atoms with van der Waals surface area (Å²) in [6, 6.07) is 15.1. The van der Waals surface area contributed by atoms with Crippen molar-refractivity contribution in [3.8, 4) is 0 Å². The van der Waals surface area contributed by atoms with Crippen molar-refractivity contribution in [3.63, 3.8) is 0 Å². The quantitative estimate of drug-likeness (QED) is 0.677. The predicted molar refractivity (Wildman–Crippen MR) is 102 cm³/mol. The zero-order valence-corrected chi connectivity index (χ0v) is 15.2. The molecular formula is C19H17BrN4O. The van der Waals surface area contributed by atoms with E-state index >= 15 is 0 Å². The number of carbonyl (C=O) groups excluding carboxylic acids is 1. The highest BCUT2D eigenvalue weighted by molar-refractivity contribution is 9.10. The zero-order chi connectivity index (χ0) is 17.6. The van der Waals surface area contributed by atoms with E-state index in [0.717, 1.165) is 27.1 Å². The monoisotopic (exact) mass is 396 g/mol. The van der Waals surface area contributed by atoms with Gasteiger partial charge in [0.2, 0.25) is 0 Å². The Kier molecular flexibility index (Phi) is 5.40. The molecule has 0 fully saturated rings. The Morgan fingerprint density at radius 3 is 2.60 bits per heavy atom. The lowest BCUT2D eigenvalue weighted by Gasteiger charge is -2.09. The molecule has 0 aliphatic rings. The van der Waals surface area contributed by atoms with Gasteiger partial charge in [0.1, 0.15) is 5.69 Å². The Balaban J connectivity index is 1.61. The minimum absolute atomic E-state index is 0.225. The second-order valence-corrected chi connectivity index (χ2v) is 6.38. The van der Waals surface area contributed by atoms with Crippen molar-refractivity contribution < 1.29 is 4.79 Å². The molecule has 2 aromatic heterocycles. The van der Waals surface area contributed by atoms with Gasteiger partial charge in [0, 0.05) is 16.4 Å². The summed E-state index contributed by atoms with van der Waals surface area (Å²) in [5.74, 6) is -0.225. The van der Waals surface area contributed by atoms with E-state index in [9.17, 15) is 4.79 Å². The van der Waals surface area contributed by atoms with Crippen LogP contribution in [-0.4, -0.2) is 15.9 Å². The van der Waals surface area contributed by atoms with Crippen LogP contribution in [0.1, 0.15) is 21.7 Å². The number of benzene rings is 1. The molecule has 0 spiro atoms. The average molecular weight is 397 g/mol. The highest BCUT2D eigenvalue weighted by Crippen LogP contribution is 2.22. The molecule has 0 atom stereocenters. The maximum absolute atomic E-state index is 12.1. The van der Waals surface area contributed by atoms with Gasteiger partial charge in [0.15, 0.2) is 0 Å². The van der Waals surface area contributed by atoms with Gasteiger partial charge in [-0.25, -0.2) is 4.98 Å². The minimum Gasteiger partial charge on any atom is -0.354 e. The van der Waals surface area contributed by atoms with Gasteiger partial charge in [0.05, 0.1) is 24.1 Å². The van der Waals surface area contributed by atoms with E-state index in [2.05, 4.69) is 36.5 Å². The summed E-state index contributed by atoms with van der Waals surface area (Å²) in [4.78, 5) is 20.5. The maximum Gasteiger partial charge on any atom is 0.270 e. The molecule has 6 heteroatoms. The fourth-order valence-corrected chi connectivity index (χ4v) is 2.50. The van der Waals surface area contributed by atoms with Crippen molar-refractivity contribution in [2.75, 3.05) is 5.32 Å². The van der Waals surface area contributed by atoms with E-state index in [4.69, 9.17) is 0 Å². The van der Waals surface area contributed by atoms with Crippen molar-refractivity contribution >= 4 is 33.2 Å². The van der Waals surface area contributed by atoms with Gasteiger partial charge in [-0.1, -0.05) is 22.0 Å². The average Bonchev–Trinajstić information content (AvgIpc) is 2.64. The minimum atomic E-state index is -0.225. The number of nitrogens with one attached hydrogen (secondary N) is 2. The van der Waals surface area contributed by atoms with Crippen LogP contribution < -0.4 is 10.6 Å². The van der Waals surface area contributed by atoms with Crippen LogP contribution in [0.15, 0.2) is 65.4 Å². The molecule has 1 amide bonds. The molecule has 0 aliphatic carbocycles. The number of rotatable bonds is 5. The third kappa shape index (κ3) is 4.64. The van der Waals surface area contributed by atoms with Crippen LogP contribution in [0.4, 0.5) is 11.4 Å². The zero-order valence-electron chi connectivity index (χ0n) is 13.7. The lowest BCUT2D eigenvalue weighted by Crippen LogP contribution is -2.24. The number of aryl methyl sites for hydroxylation is 1. The number of nitrogens with zero attached hydrogens (tertiary/aromatic N) is 2.